The van der Waals surface area contributed by atoms with Crippen LogP contribution in [-0.4, -0.2) is 36.5 Å². The number of aromatic nitrogens is 2. The number of fused-ring (bicyclic) bond motifs is 2. The molecular weight excluding hydrogens is 551 g/mol. The Balaban J connectivity index is 0.000000235. The second-order valence-electron chi connectivity index (χ2n) is 10.7. The highest BCUT2D eigenvalue weighted by Crippen LogP contribution is 2.52. The topological polar surface area (TPSA) is 112 Å². The van der Waals surface area contributed by atoms with Crippen LogP contribution in [0.5, 0.6) is 23.0 Å². The first-order valence-electron chi connectivity index (χ1n) is 13.6. The molecule has 220 valence electrons. The van der Waals surface area contributed by atoms with E-state index in [-0.39, 0.29) is 23.0 Å². The summed E-state index contributed by atoms with van der Waals surface area (Å²) in [4.78, 5) is 30.9. The lowest BCUT2D eigenvalue weighted by molar-refractivity contribution is -0.118. The first-order valence-corrected chi connectivity index (χ1v) is 13.6. The van der Waals surface area contributed by atoms with E-state index >= 15 is 0 Å². The van der Waals surface area contributed by atoms with Gasteiger partial charge < -0.3 is 24.8 Å². The van der Waals surface area contributed by atoms with E-state index in [1.807, 2.05) is 44.2 Å². The number of rotatable bonds is 8. The number of carbonyl (C=O) groups excluding carboxylic acids is 2. The van der Waals surface area contributed by atoms with Crippen LogP contribution in [0.4, 0.5) is 15.8 Å². The fraction of sp³-hybridized carbons (Fsp3) is 0.212. The molecule has 43 heavy (non-hydrogen) atoms. The zero-order valence-corrected chi connectivity index (χ0v) is 24.2. The number of carbonyl (C=O) groups is 2. The molecule has 1 atom stereocenters. The first kappa shape index (κ1) is 29.2. The highest BCUT2D eigenvalue weighted by atomic mass is 19.1. The number of amides is 2. The number of hydrogen-bond donors (Lipinski definition) is 2. The van der Waals surface area contributed by atoms with Gasteiger partial charge in [0.1, 0.15) is 5.75 Å². The Morgan fingerprint density at radius 2 is 1.65 bits per heavy atom. The second kappa shape index (κ2) is 12.3. The molecule has 0 bridgehead atoms. The van der Waals surface area contributed by atoms with Crippen molar-refractivity contribution in [1.29, 1.82) is 0 Å². The van der Waals surface area contributed by atoms with Crippen molar-refractivity contribution in [1.82, 2.24) is 9.97 Å². The molecule has 0 aliphatic heterocycles. The van der Waals surface area contributed by atoms with Crippen molar-refractivity contribution in [3.63, 3.8) is 0 Å². The summed E-state index contributed by atoms with van der Waals surface area (Å²) >= 11 is 0. The average molecular weight is 583 g/mol. The molecule has 0 spiro atoms. The zero-order chi connectivity index (χ0) is 30.6. The van der Waals surface area contributed by atoms with E-state index in [0.717, 1.165) is 17.3 Å². The monoisotopic (exact) mass is 582 g/mol. The molecule has 0 saturated heterocycles. The zero-order valence-electron chi connectivity index (χ0n) is 24.2. The van der Waals surface area contributed by atoms with Crippen LogP contribution in [-0.2, 0) is 9.59 Å². The average Bonchev–Trinajstić information content (AvgIpc) is 3.66. The highest BCUT2D eigenvalue weighted by molar-refractivity contribution is 5.95. The Morgan fingerprint density at radius 3 is 2.35 bits per heavy atom. The third-order valence-electron chi connectivity index (χ3n) is 7.27. The molecule has 1 saturated carbocycles. The van der Waals surface area contributed by atoms with Gasteiger partial charge in [-0.25, -0.2) is 4.39 Å². The number of para-hydroxylation sites is 1. The number of benzene rings is 3. The summed E-state index contributed by atoms with van der Waals surface area (Å²) in [6.07, 6.45) is 4.70. The number of nitrogens with one attached hydrogen (secondary N) is 2. The summed E-state index contributed by atoms with van der Waals surface area (Å²) in [6, 6.07) is 19.1. The van der Waals surface area contributed by atoms with Crippen molar-refractivity contribution in [2.75, 3.05) is 24.9 Å². The van der Waals surface area contributed by atoms with Gasteiger partial charge in [0, 0.05) is 40.7 Å². The number of halogens is 1. The summed E-state index contributed by atoms with van der Waals surface area (Å²) in [7, 11) is 3.08. The Kier molecular flexibility index (Phi) is 8.38. The number of methoxy groups -OCH3 is 2. The van der Waals surface area contributed by atoms with Crippen molar-refractivity contribution < 1.29 is 28.2 Å². The minimum absolute atomic E-state index is 0.0117. The molecule has 2 amide bonds. The standard InChI is InChI=1S/C23H23FN2O4.C10H8N2O/c1-23(2)12-15(23)22(27)26-13-5-6-19(16(24)9-13)30-18-7-8-25-17-11-21(29-4)20(28-3)10-14(17)18;13-7-12-9-5-8-3-1-2-4-10(8)11-6-9/h5-11,15H,12H2,1-4H3,(H,26,27);1-7H,(H,12,13)/t15-;/m1./s1. The molecule has 2 heterocycles. The molecule has 1 aliphatic carbocycles. The van der Waals surface area contributed by atoms with E-state index in [1.54, 1.807) is 43.8 Å². The molecule has 1 aliphatic rings. The molecule has 6 rings (SSSR count). The van der Waals surface area contributed by atoms with Gasteiger partial charge in [0.05, 0.1) is 37.1 Å². The number of ether oxygens (including phenoxy) is 3. The van der Waals surface area contributed by atoms with Crippen LogP contribution in [0.1, 0.15) is 20.3 Å². The molecule has 10 heteroatoms. The molecule has 2 N–H and O–H groups in total. The predicted octanol–water partition coefficient (Wildman–Crippen LogP) is 6.97. The maximum absolute atomic E-state index is 14.7. The minimum atomic E-state index is -0.576. The molecule has 5 aromatic rings. The Labute approximate surface area is 248 Å². The van der Waals surface area contributed by atoms with Crippen LogP contribution in [0.2, 0.25) is 0 Å². The van der Waals surface area contributed by atoms with E-state index in [2.05, 4.69) is 20.6 Å². The lowest BCUT2D eigenvalue weighted by atomic mass is 10.1. The van der Waals surface area contributed by atoms with Crippen LogP contribution >= 0.6 is 0 Å². The molecule has 9 nitrogen and oxygen atoms in total. The van der Waals surface area contributed by atoms with Crippen LogP contribution < -0.4 is 24.8 Å². The number of hydrogen-bond acceptors (Lipinski definition) is 7. The summed E-state index contributed by atoms with van der Waals surface area (Å²) < 4.78 is 31.1. The van der Waals surface area contributed by atoms with Crippen molar-refractivity contribution in [3.05, 3.63) is 84.9 Å². The summed E-state index contributed by atoms with van der Waals surface area (Å²) in [5.41, 5.74) is 2.69. The summed E-state index contributed by atoms with van der Waals surface area (Å²) in [5, 5.41) is 7.01. The maximum Gasteiger partial charge on any atom is 0.228 e. The van der Waals surface area contributed by atoms with Crippen molar-refractivity contribution in [2.45, 2.75) is 20.3 Å². The van der Waals surface area contributed by atoms with Gasteiger partial charge in [-0.1, -0.05) is 32.0 Å². The summed E-state index contributed by atoms with van der Waals surface area (Å²) in [6.45, 7) is 4.08. The van der Waals surface area contributed by atoms with E-state index < -0.39 is 5.82 Å². The van der Waals surface area contributed by atoms with Gasteiger partial charge in [-0.05, 0) is 48.2 Å². The van der Waals surface area contributed by atoms with Crippen LogP contribution in [0, 0.1) is 17.2 Å². The predicted molar refractivity (Wildman–Crippen MR) is 163 cm³/mol. The van der Waals surface area contributed by atoms with Gasteiger partial charge >= 0.3 is 0 Å². The van der Waals surface area contributed by atoms with Crippen LogP contribution in [0.15, 0.2) is 79.1 Å². The van der Waals surface area contributed by atoms with Gasteiger partial charge in [-0.2, -0.15) is 0 Å². The Bertz CT molecular complexity index is 1810. The van der Waals surface area contributed by atoms with Crippen LogP contribution in [0.25, 0.3) is 21.8 Å². The van der Waals surface area contributed by atoms with E-state index in [4.69, 9.17) is 14.2 Å². The molecule has 1 fully saturated rings. The fourth-order valence-corrected chi connectivity index (χ4v) is 4.68. The SMILES string of the molecule is COc1cc2nccc(Oc3ccc(NC(=O)[C@H]4CC4(C)C)cc3F)c2cc1OC.O=CNc1cnc2ccccc2c1. The van der Waals surface area contributed by atoms with Gasteiger partial charge in [0.2, 0.25) is 12.3 Å². The molecule has 2 aromatic heterocycles. The molecular formula is C33H31FN4O5. The van der Waals surface area contributed by atoms with E-state index in [0.29, 0.717) is 45.9 Å². The Morgan fingerprint density at radius 1 is 0.907 bits per heavy atom. The minimum Gasteiger partial charge on any atom is -0.493 e. The van der Waals surface area contributed by atoms with Crippen LogP contribution in [0.3, 0.4) is 0 Å². The van der Waals surface area contributed by atoms with Crippen molar-refractivity contribution >= 4 is 45.5 Å². The Hall–Kier alpha value is -5.25. The smallest absolute Gasteiger partial charge is 0.228 e. The quantitative estimate of drug-likeness (QED) is 0.190. The fourth-order valence-electron chi connectivity index (χ4n) is 4.68. The van der Waals surface area contributed by atoms with Gasteiger partial charge in [-0.3, -0.25) is 19.6 Å². The third kappa shape index (κ3) is 6.64. The van der Waals surface area contributed by atoms with E-state index in [9.17, 15) is 14.0 Å². The molecule has 0 radical (unpaired) electrons. The molecule has 3 aromatic carbocycles. The lowest BCUT2D eigenvalue weighted by Crippen LogP contribution is -2.16. The van der Waals surface area contributed by atoms with Gasteiger partial charge in [-0.15, -0.1) is 0 Å². The third-order valence-corrected chi connectivity index (χ3v) is 7.27. The van der Waals surface area contributed by atoms with Crippen molar-refractivity contribution in [3.8, 4) is 23.0 Å². The van der Waals surface area contributed by atoms with Gasteiger partial charge in [0.25, 0.3) is 0 Å². The lowest BCUT2D eigenvalue weighted by Gasteiger charge is -2.13. The van der Waals surface area contributed by atoms with Crippen molar-refractivity contribution in [2.24, 2.45) is 11.3 Å². The number of nitrogens with zero attached hydrogens (tertiary/aromatic N) is 2. The second-order valence-corrected chi connectivity index (χ2v) is 10.7. The molecule has 0 unspecified atom stereocenters. The number of pyridine rings is 2. The normalized spacial score (nSPS) is 14.7. The number of anilines is 2. The maximum atomic E-state index is 14.7. The summed E-state index contributed by atoms with van der Waals surface area (Å²) in [5.74, 6) is 0.830. The highest BCUT2D eigenvalue weighted by Gasteiger charge is 2.50. The first-order chi connectivity index (χ1) is 20.7. The van der Waals surface area contributed by atoms with E-state index in [1.165, 1.54) is 19.2 Å². The largest absolute Gasteiger partial charge is 0.493 e. The van der Waals surface area contributed by atoms with Gasteiger partial charge in [0.15, 0.2) is 23.1 Å².